The first-order valence-corrected chi connectivity index (χ1v) is 5.88. The van der Waals surface area contributed by atoms with Crippen molar-refractivity contribution in [2.24, 2.45) is 11.7 Å². The van der Waals surface area contributed by atoms with E-state index < -0.39 is 30.0 Å². The number of rotatable bonds is 7. The van der Waals surface area contributed by atoms with E-state index in [-0.39, 0.29) is 5.92 Å². The molecule has 7 heteroatoms. The molecule has 0 aliphatic heterocycles. The van der Waals surface area contributed by atoms with Gasteiger partial charge in [0.1, 0.15) is 12.1 Å². The Hall–Kier alpha value is -1.79. The normalized spacial score (nSPS) is 13.8. The van der Waals surface area contributed by atoms with Gasteiger partial charge in [-0.15, -0.1) is 0 Å². The number of nitrogens with two attached hydrogens (primary N) is 1. The van der Waals surface area contributed by atoms with Crippen molar-refractivity contribution >= 4 is 17.9 Å². The van der Waals surface area contributed by atoms with E-state index in [1.54, 1.807) is 13.8 Å². The van der Waals surface area contributed by atoms with E-state index >= 15 is 0 Å². The smallest absolute Gasteiger partial charge is 0.326 e. The van der Waals surface area contributed by atoms with Crippen molar-refractivity contribution in [1.82, 2.24) is 10.6 Å². The Morgan fingerprint density at radius 2 is 1.78 bits per heavy atom. The first kappa shape index (κ1) is 16.2. The van der Waals surface area contributed by atoms with Crippen molar-refractivity contribution in [2.45, 2.75) is 45.7 Å². The molecule has 0 aromatic rings. The Morgan fingerprint density at radius 3 is 2.11 bits per heavy atom. The first-order chi connectivity index (χ1) is 8.29. The van der Waals surface area contributed by atoms with Crippen LogP contribution in [0.4, 0.5) is 4.79 Å². The number of aliphatic carboxylic acids is 1. The second kappa shape index (κ2) is 7.52. The van der Waals surface area contributed by atoms with E-state index in [0.29, 0.717) is 12.8 Å². The minimum atomic E-state index is -1.09. The van der Waals surface area contributed by atoms with Gasteiger partial charge in [0.05, 0.1) is 0 Å². The number of hydrogen-bond acceptors (Lipinski definition) is 3. The first-order valence-electron chi connectivity index (χ1n) is 5.88. The van der Waals surface area contributed by atoms with E-state index in [0.717, 1.165) is 0 Å². The molecule has 0 spiro atoms. The number of primary amides is 1. The van der Waals surface area contributed by atoms with Crippen LogP contribution in [0.15, 0.2) is 0 Å². The van der Waals surface area contributed by atoms with Crippen molar-refractivity contribution in [3.8, 4) is 0 Å². The van der Waals surface area contributed by atoms with Crippen LogP contribution in [0.1, 0.15) is 33.6 Å². The van der Waals surface area contributed by atoms with Crippen LogP contribution in [0, 0.1) is 5.92 Å². The van der Waals surface area contributed by atoms with Gasteiger partial charge in [-0.1, -0.05) is 27.2 Å². The van der Waals surface area contributed by atoms with Crippen LogP contribution in [0.2, 0.25) is 0 Å². The van der Waals surface area contributed by atoms with Crippen LogP contribution in [-0.2, 0) is 9.59 Å². The summed E-state index contributed by atoms with van der Waals surface area (Å²) in [6, 6.07) is -2.59. The van der Waals surface area contributed by atoms with Crippen LogP contribution in [0.25, 0.3) is 0 Å². The number of amides is 3. The molecule has 0 aromatic heterocycles. The second-order valence-corrected chi connectivity index (χ2v) is 4.42. The van der Waals surface area contributed by atoms with E-state index in [4.69, 9.17) is 10.8 Å². The maximum atomic E-state index is 11.9. The van der Waals surface area contributed by atoms with Crippen molar-refractivity contribution in [3.05, 3.63) is 0 Å². The maximum absolute atomic E-state index is 11.9. The lowest BCUT2D eigenvalue weighted by Crippen LogP contribution is -2.54. The van der Waals surface area contributed by atoms with Gasteiger partial charge in [0.2, 0.25) is 5.91 Å². The molecule has 0 radical (unpaired) electrons. The van der Waals surface area contributed by atoms with Crippen molar-refractivity contribution in [3.63, 3.8) is 0 Å². The van der Waals surface area contributed by atoms with E-state index in [9.17, 15) is 14.4 Å². The number of carbonyl (C=O) groups is 3. The van der Waals surface area contributed by atoms with Gasteiger partial charge in [-0.05, 0) is 12.3 Å². The third kappa shape index (κ3) is 5.51. The number of carbonyl (C=O) groups excluding carboxylic acids is 2. The molecule has 0 saturated heterocycles. The van der Waals surface area contributed by atoms with Crippen LogP contribution >= 0.6 is 0 Å². The van der Waals surface area contributed by atoms with Crippen LogP contribution < -0.4 is 16.4 Å². The standard InChI is InChI=1S/C11H21N3O4/c1-4-5-7(10(16)17)13-9(15)8(6(2)3)14-11(12)18/h6-8H,4-5H2,1-3H3,(H,13,15)(H,16,17)(H3,12,14,18)/t7-,8?/m0/s1. The summed E-state index contributed by atoms with van der Waals surface area (Å²) in [7, 11) is 0. The molecule has 0 aliphatic rings. The Morgan fingerprint density at radius 1 is 1.22 bits per heavy atom. The Balaban J connectivity index is 4.66. The van der Waals surface area contributed by atoms with E-state index in [1.165, 1.54) is 0 Å². The summed E-state index contributed by atoms with van der Waals surface area (Å²) in [6.45, 7) is 5.29. The van der Waals surface area contributed by atoms with Gasteiger partial charge in [-0.3, -0.25) is 4.79 Å². The summed E-state index contributed by atoms with van der Waals surface area (Å²) >= 11 is 0. The van der Waals surface area contributed by atoms with E-state index in [2.05, 4.69) is 10.6 Å². The highest BCUT2D eigenvalue weighted by molar-refractivity contribution is 5.89. The van der Waals surface area contributed by atoms with Gasteiger partial charge in [-0.25, -0.2) is 9.59 Å². The summed E-state index contributed by atoms with van der Waals surface area (Å²) in [5.74, 6) is -1.81. The largest absolute Gasteiger partial charge is 0.480 e. The predicted octanol–water partition coefficient (Wildman–Crippen LogP) is 0.0488. The van der Waals surface area contributed by atoms with Gasteiger partial charge in [0.25, 0.3) is 0 Å². The van der Waals surface area contributed by atoms with E-state index in [1.807, 2.05) is 6.92 Å². The number of nitrogens with one attached hydrogen (secondary N) is 2. The molecule has 3 amide bonds. The highest BCUT2D eigenvalue weighted by Crippen LogP contribution is 2.04. The quantitative estimate of drug-likeness (QED) is 0.516. The molecule has 0 aliphatic carbocycles. The summed E-state index contributed by atoms with van der Waals surface area (Å²) in [4.78, 5) is 33.6. The van der Waals surface area contributed by atoms with Gasteiger partial charge in [0.15, 0.2) is 0 Å². The average molecular weight is 259 g/mol. The molecule has 1 unspecified atom stereocenters. The Labute approximate surface area is 106 Å². The van der Waals surface area contributed by atoms with Gasteiger partial charge >= 0.3 is 12.0 Å². The summed E-state index contributed by atoms with van der Waals surface area (Å²) in [6.07, 6.45) is 0.968. The van der Waals surface area contributed by atoms with Crippen molar-refractivity contribution < 1.29 is 19.5 Å². The maximum Gasteiger partial charge on any atom is 0.326 e. The monoisotopic (exact) mass is 259 g/mol. The average Bonchev–Trinajstić information content (AvgIpc) is 2.24. The molecule has 18 heavy (non-hydrogen) atoms. The van der Waals surface area contributed by atoms with Crippen molar-refractivity contribution in [1.29, 1.82) is 0 Å². The minimum absolute atomic E-state index is 0.187. The summed E-state index contributed by atoms with van der Waals surface area (Å²) < 4.78 is 0. The third-order valence-electron chi connectivity index (χ3n) is 2.44. The molecule has 0 rings (SSSR count). The number of carboxylic acids is 1. The molecule has 5 N–H and O–H groups in total. The molecule has 0 saturated carbocycles. The number of carboxylic acid groups (broad SMARTS) is 1. The lowest BCUT2D eigenvalue weighted by atomic mass is 10.0. The Kier molecular flexibility index (Phi) is 6.77. The molecule has 104 valence electrons. The second-order valence-electron chi connectivity index (χ2n) is 4.42. The minimum Gasteiger partial charge on any atom is -0.480 e. The highest BCUT2D eigenvalue weighted by Gasteiger charge is 2.27. The third-order valence-corrected chi connectivity index (χ3v) is 2.44. The van der Waals surface area contributed by atoms with Gasteiger partial charge < -0.3 is 21.5 Å². The topological polar surface area (TPSA) is 122 Å². The van der Waals surface area contributed by atoms with Crippen LogP contribution in [-0.4, -0.2) is 35.1 Å². The zero-order chi connectivity index (χ0) is 14.3. The summed E-state index contributed by atoms with van der Waals surface area (Å²) in [5, 5.41) is 13.6. The van der Waals surface area contributed by atoms with Crippen LogP contribution in [0.3, 0.4) is 0 Å². The zero-order valence-electron chi connectivity index (χ0n) is 10.9. The highest BCUT2D eigenvalue weighted by atomic mass is 16.4. The van der Waals surface area contributed by atoms with Crippen molar-refractivity contribution in [2.75, 3.05) is 0 Å². The molecule has 7 nitrogen and oxygen atoms in total. The fraction of sp³-hybridized carbons (Fsp3) is 0.727. The number of hydrogen-bond donors (Lipinski definition) is 4. The molecular weight excluding hydrogens is 238 g/mol. The molecule has 0 aromatic carbocycles. The molecule has 0 bridgehead atoms. The molecule has 2 atom stereocenters. The number of urea groups is 1. The van der Waals surface area contributed by atoms with Gasteiger partial charge in [0, 0.05) is 0 Å². The predicted molar refractivity (Wildman–Crippen MR) is 65.8 cm³/mol. The SMILES string of the molecule is CCC[C@H](NC(=O)C(NC(N)=O)C(C)C)C(=O)O. The fourth-order valence-electron chi connectivity index (χ4n) is 1.50. The lowest BCUT2D eigenvalue weighted by molar-refractivity contribution is -0.142. The molecule has 0 heterocycles. The zero-order valence-corrected chi connectivity index (χ0v) is 10.9. The lowest BCUT2D eigenvalue weighted by Gasteiger charge is -2.23. The fourth-order valence-corrected chi connectivity index (χ4v) is 1.50. The van der Waals surface area contributed by atoms with Crippen LogP contribution in [0.5, 0.6) is 0 Å². The summed E-state index contributed by atoms with van der Waals surface area (Å²) in [5.41, 5.74) is 4.97. The van der Waals surface area contributed by atoms with Gasteiger partial charge in [-0.2, -0.15) is 0 Å². The molecular formula is C11H21N3O4. The Bertz CT molecular complexity index is 317. The molecule has 0 fully saturated rings.